The Bertz CT molecular complexity index is 1040. The molecule has 1 fully saturated rings. The number of rotatable bonds is 5. The van der Waals surface area contributed by atoms with Crippen LogP contribution in [-0.4, -0.2) is 34.8 Å². The van der Waals surface area contributed by atoms with Gasteiger partial charge in [-0.1, -0.05) is 6.07 Å². The summed E-state index contributed by atoms with van der Waals surface area (Å²) in [6, 6.07) is 6.71. The Morgan fingerprint density at radius 2 is 2.10 bits per heavy atom. The number of aromatic nitrogens is 2. The van der Waals surface area contributed by atoms with Crippen LogP contribution in [0.3, 0.4) is 0 Å². The number of hydroxylamine groups is 1. The zero-order valence-corrected chi connectivity index (χ0v) is 16.4. The number of fused-ring (bicyclic) bond motifs is 1. The third-order valence-electron chi connectivity index (χ3n) is 5.09. The van der Waals surface area contributed by atoms with E-state index in [1.165, 1.54) is 6.07 Å². The van der Waals surface area contributed by atoms with Gasteiger partial charge in [-0.2, -0.15) is 0 Å². The first-order valence-corrected chi connectivity index (χ1v) is 9.54. The summed E-state index contributed by atoms with van der Waals surface area (Å²) in [6.45, 7) is 3.04. The van der Waals surface area contributed by atoms with Crippen LogP contribution in [0.2, 0.25) is 0 Å². The summed E-state index contributed by atoms with van der Waals surface area (Å²) < 4.78 is 21.5. The fourth-order valence-electron chi connectivity index (χ4n) is 3.52. The standard InChI is InChI=1S/C21H23FN4O3/c1-13-3-4-17(16(22)11-13)24-19-15-12-23-8-5-18(15)26(2)20(19)21(27)25-29-14-6-9-28-10-7-14/h3-5,8,11-12,14,24H,6-7,9-10H2,1-2H3,(H,25,27). The number of anilines is 2. The molecule has 0 bridgehead atoms. The smallest absolute Gasteiger partial charge is 0.293 e. The van der Waals surface area contributed by atoms with Gasteiger partial charge in [0.05, 0.1) is 23.0 Å². The highest BCUT2D eigenvalue weighted by Gasteiger charge is 2.24. The van der Waals surface area contributed by atoms with E-state index in [9.17, 15) is 9.18 Å². The maximum Gasteiger partial charge on any atom is 0.293 e. The lowest BCUT2D eigenvalue weighted by atomic mass is 10.2. The van der Waals surface area contributed by atoms with Gasteiger partial charge in [0.2, 0.25) is 0 Å². The lowest BCUT2D eigenvalue weighted by molar-refractivity contribution is -0.0675. The highest BCUT2D eigenvalue weighted by atomic mass is 19.1. The first-order chi connectivity index (χ1) is 14.0. The third-order valence-corrected chi connectivity index (χ3v) is 5.09. The highest BCUT2D eigenvalue weighted by molar-refractivity contribution is 6.09. The Kier molecular flexibility index (Phi) is 5.46. The lowest BCUT2D eigenvalue weighted by Crippen LogP contribution is -2.34. The van der Waals surface area contributed by atoms with Gasteiger partial charge in [-0.05, 0) is 43.5 Å². The van der Waals surface area contributed by atoms with Crippen LogP contribution in [0, 0.1) is 12.7 Å². The predicted molar refractivity (Wildman–Crippen MR) is 108 cm³/mol. The van der Waals surface area contributed by atoms with E-state index in [2.05, 4.69) is 15.8 Å². The van der Waals surface area contributed by atoms with E-state index in [0.29, 0.717) is 30.0 Å². The van der Waals surface area contributed by atoms with Gasteiger partial charge < -0.3 is 14.6 Å². The van der Waals surface area contributed by atoms with Crippen molar-refractivity contribution in [2.45, 2.75) is 25.9 Å². The van der Waals surface area contributed by atoms with E-state index >= 15 is 0 Å². The van der Waals surface area contributed by atoms with Crippen molar-refractivity contribution in [3.8, 4) is 0 Å². The first kappa shape index (κ1) is 19.4. The molecular weight excluding hydrogens is 375 g/mol. The molecule has 0 unspecified atom stereocenters. The number of nitrogens with one attached hydrogen (secondary N) is 2. The molecule has 3 aromatic rings. The summed E-state index contributed by atoms with van der Waals surface area (Å²) in [5.41, 5.74) is 5.26. The zero-order chi connectivity index (χ0) is 20.4. The Morgan fingerprint density at radius 3 is 2.86 bits per heavy atom. The minimum atomic E-state index is -0.412. The largest absolute Gasteiger partial charge is 0.381 e. The molecule has 4 rings (SSSR count). The number of halogens is 1. The maximum atomic E-state index is 14.4. The molecule has 7 nitrogen and oxygen atoms in total. The molecule has 29 heavy (non-hydrogen) atoms. The summed E-state index contributed by atoms with van der Waals surface area (Å²) in [5, 5.41) is 3.79. The van der Waals surface area contributed by atoms with Crippen molar-refractivity contribution >= 4 is 28.2 Å². The van der Waals surface area contributed by atoms with Crippen molar-refractivity contribution in [1.82, 2.24) is 15.0 Å². The van der Waals surface area contributed by atoms with Crippen molar-refractivity contribution in [3.63, 3.8) is 0 Å². The lowest BCUT2D eigenvalue weighted by Gasteiger charge is -2.22. The number of aryl methyl sites for hydroxylation is 2. The monoisotopic (exact) mass is 398 g/mol. The molecule has 3 heterocycles. The minimum absolute atomic E-state index is 0.0880. The second kappa shape index (κ2) is 8.18. The molecule has 1 amide bonds. The number of hydrogen-bond donors (Lipinski definition) is 2. The molecule has 0 spiro atoms. The summed E-state index contributed by atoms with van der Waals surface area (Å²) in [6.07, 6.45) is 4.66. The molecule has 0 radical (unpaired) electrons. The van der Waals surface area contributed by atoms with E-state index in [1.54, 1.807) is 30.1 Å². The van der Waals surface area contributed by atoms with Gasteiger partial charge in [0.1, 0.15) is 11.5 Å². The number of carbonyl (C=O) groups is 1. The van der Waals surface area contributed by atoms with Gasteiger partial charge in [0.25, 0.3) is 5.91 Å². The Labute approximate surface area is 167 Å². The molecule has 1 aliphatic heterocycles. The Morgan fingerprint density at radius 1 is 1.31 bits per heavy atom. The number of hydrogen-bond acceptors (Lipinski definition) is 5. The summed E-state index contributed by atoms with van der Waals surface area (Å²) >= 11 is 0. The van der Waals surface area contributed by atoms with Crippen LogP contribution in [0.1, 0.15) is 28.9 Å². The van der Waals surface area contributed by atoms with E-state index in [-0.39, 0.29) is 11.8 Å². The third kappa shape index (κ3) is 3.94. The molecule has 2 aromatic heterocycles. The molecule has 1 aliphatic rings. The topological polar surface area (TPSA) is 77.4 Å². The Hall–Kier alpha value is -2.97. The Balaban J connectivity index is 1.67. The zero-order valence-electron chi connectivity index (χ0n) is 16.4. The number of nitrogens with zero attached hydrogens (tertiary/aromatic N) is 2. The molecule has 8 heteroatoms. The predicted octanol–water partition coefficient (Wildman–Crippen LogP) is 3.60. The van der Waals surface area contributed by atoms with Gasteiger partial charge in [0, 0.05) is 38.0 Å². The second-order valence-electron chi connectivity index (χ2n) is 7.14. The van der Waals surface area contributed by atoms with Gasteiger partial charge in [-0.3, -0.25) is 14.6 Å². The maximum absolute atomic E-state index is 14.4. The molecule has 1 saturated heterocycles. The molecule has 0 atom stereocenters. The molecule has 0 aliphatic carbocycles. The number of carbonyl (C=O) groups excluding carboxylic acids is 1. The van der Waals surface area contributed by atoms with E-state index in [4.69, 9.17) is 9.57 Å². The number of amides is 1. The number of ether oxygens (including phenoxy) is 1. The molecule has 152 valence electrons. The van der Waals surface area contributed by atoms with Crippen LogP contribution in [0.5, 0.6) is 0 Å². The van der Waals surface area contributed by atoms with Gasteiger partial charge in [-0.15, -0.1) is 0 Å². The fourth-order valence-corrected chi connectivity index (χ4v) is 3.52. The van der Waals surface area contributed by atoms with Gasteiger partial charge in [0.15, 0.2) is 0 Å². The second-order valence-corrected chi connectivity index (χ2v) is 7.14. The fraction of sp³-hybridized carbons (Fsp3) is 0.333. The minimum Gasteiger partial charge on any atom is -0.381 e. The van der Waals surface area contributed by atoms with E-state index in [0.717, 1.165) is 23.9 Å². The number of benzene rings is 1. The van der Waals surface area contributed by atoms with Crippen molar-refractivity contribution in [1.29, 1.82) is 0 Å². The van der Waals surface area contributed by atoms with Crippen LogP contribution in [-0.2, 0) is 16.6 Å². The van der Waals surface area contributed by atoms with Crippen molar-refractivity contribution < 1.29 is 18.8 Å². The molecule has 2 N–H and O–H groups in total. The van der Waals surface area contributed by atoms with E-state index in [1.807, 2.05) is 19.1 Å². The normalized spacial score (nSPS) is 14.9. The van der Waals surface area contributed by atoms with Gasteiger partial charge in [-0.25, -0.2) is 9.87 Å². The average Bonchev–Trinajstić information content (AvgIpc) is 3.01. The first-order valence-electron chi connectivity index (χ1n) is 9.54. The quantitative estimate of drug-likeness (QED) is 0.642. The highest BCUT2D eigenvalue weighted by Crippen LogP contribution is 2.33. The van der Waals surface area contributed by atoms with Crippen molar-refractivity contribution in [2.75, 3.05) is 18.5 Å². The summed E-state index contributed by atoms with van der Waals surface area (Å²) in [5.74, 6) is -0.805. The average molecular weight is 398 g/mol. The van der Waals surface area contributed by atoms with Crippen molar-refractivity contribution in [3.05, 3.63) is 53.7 Å². The molecule has 1 aromatic carbocycles. The van der Waals surface area contributed by atoms with Crippen LogP contribution in [0.15, 0.2) is 36.7 Å². The van der Waals surface area contributed by atoms with Crippen LogP contribution in [0.4, 0.5) is 15.8 Å². The molecular formula is C21H23FN4O3. The van der Waals surface area contributed by atoms with E-state index < -0.39 is 11.7 Å². The van der Waals surface area contributed by atoms with Crippen molar-refractivity contribution in [2.24, 2.45) is 7.05 Å². The summed E-state index contributed by atoms with van der Waals surface area (Å²) in [7, 11) is 1.78. The van der Waals surface area contributed by atoms with Crippen LogP contribution in [0.25, 0.3) is 10.9 Å². The number of pyridine rings is 1. The summed E-state index contributed by atoms with van der Waals surface area (Å²) in [4.78, 5) is 22.7. The SMILES string of the molecule is Cc1ccc(Nc2c(C(=O)NOC3CCOCC3)n(C)c3ccncc23)c(F)c1. The van der Waals surface area contributed by atoms with Crippen LogP contribution < -0.4 is 10.8 Å². The van der Waals surface area contributed by atoms with Crippen LogP contribution >= 0.6 is 0 Å². The van der Waals surface area contributed by atoms with Gasteiger partial charge >= 0.3 is 0 Å². The molecule has 0 saturated carbocycles.